The molecule has 0 saturated heterocycles. The van der Waals surface area contributed by atoms with Gasteiger partial charge in [-0.3, -0.25) is 14.9 Å². The molecule has 1 amide bonds. The number of nitrogens with zero attached hydrogens (tertiary/aromatic N) is 4. The maximum Gasteiger partial charge on any atom is 0.273 e. The van der Waals surface area contributed by atoms with E-state index in [2.05, 4.69) is 10.1 Å². The molecule has 0 unspecified atom stereocenters. The third kappa shape index (κ3) is 4.88. The number of benzene rings is 2. The summed E-state index contributed by atoms with van der Waals surface area (Å²) in [6, 6.07) is 15.2. The van der Waals surface area contributed by atoms with Crippen LogP contribution in [-0.4, -0.2) is 29.1 Å². The van der Waals surface area contributed by atoms with E-state index >= 15 is 0 Å². The van der Waals surface area contributed by atoms with Gasteiger partial charge in [-0.05, 0) is 53.4 Å². The molecule has 0 spiro atoms. The number of methoxy groups -OCH3 is 1. The fourth-order valence-electron chi connectivity index (χ4n) is 2.74. The Bertz CT molecular complexity index is 1310. The molecule has 2 aromatic carbocycles. The van der Waals surface area contributed by atoms with E-state index in [1.165, 1.54) is 45.9 Å². The molecule has 0 N–H and O–H groups in total. The number of rotatable bonds is 7. The van der Waals surface area contributed by atoms with Crippen molar-refractivity contribution in [2.45, 2.75) is 0 Å². The Morgan fingerprint density at radius 3 is 2.72 bits per heavy atom. The number of hydrazone groups is 1. The van der Waals surface area contributed by atoms with Crippen LogP contribution in [0.5, 0.6) is 5.75 Å². The van der Waals surface area contributed by atoms with Gasteiger partial charge in [0.15, 0.2) is 0 Å². The molecule has 0 aliphatic carbocycles. The van der Waals surface area contributed by atoms with Crippen LogP contribution in [-0.2, 0) is 4.79 Å². The van der Waals surface area contributed by atoms with Gasteiger partial charge in [0.05, 0.1) is 28.5 Å². The van der Waals surface area contributed by atoms with Crippen LogP contribution in [0.25, 0.3) is 16.3 Å². The third-order valence-corrected chi connectivity index (χ3v) is 6.14. The van der Waals surface area contributed by atoms with Crippen LogP contribution >= 0.6 is 22.7 Å². The number of nitro groups is 1. The van der Waals surface area contributed by atoms with Gasteiger partial charge in [-0.15, -0.1) is 11.3 Å². The van der Waals surface area contributed by atoms with Crippen LogP contribution in [0.2, 0.25) is 0 Å². The lowest BCUT2D eigenvalue weighted by atomic mass is 10.2. The van der Waals surface area contributed by atoms with Gasteiger partial charge >= 0.3 is 0 Å². The molecule has 8 nitrogen and oxygen atoms in total. The van der Waals surface area contributed by atoms with Gasteiger partial charge < -0.3 is 4.74 Å². The number of thiazole rings is 1. The molecule has 0 aliphatic rings. The fourth-order valence-corrected chi connectivity index (χ4v) is 4.27. The molecule has 0 bridgehead atoms. The number of hydrogen-bond donors (Lipinski definition) is 0. The maximum atomic E-state index is 13.0. The molecule has 2 aromatic heterocycles. The molecule has 0 atom stereocenters. The normalized spacial score (nSPS) is 11.4. The Hall–Kier alpha value is -3.89. The third-order valence-electron chi connectivity index (χ3n) is 4.34. The number of hydrogen-bond acceptors (Lipinski definition) is 8. The summed E-state index contributed by atoms with van der Waals surface area (Å²) in [6.07, 6.45) is 4.55. The first-order valence-corrected chi connectivity index (χ1v) is 11.0. The number of thiophene rings is 1. The van der Waals surface area contributed by atoms with Gasteiger partial charge in [0.2, 0.25) is 5.13 Å². The van der Waals surface area contributed by atoms with Gasteiger partial charge in [-0.2, -0.15) is 10.1 Å². The summed E-state index contributed by atoms with van der Waals surface area (Å²) in [4.78, 5) is 28.8. The summed E-state index contributed by atoms with van der Waals surface area (Å²) < 4.78 is 6.13. The van der Waals surface area contributed by atoms with E-state index in [1.807, 2.05) is 29.6 Å². The van der Waals surface area contributed by atoms with Gasteiger partial charge in [-0.25, -0.2) is 4.98 Å². The Morgan fingerprint density at radius 1 is 1.22 bits per heavy atom. The zero-order valence-electron chi connectivity index (χ0n) is 16.7. The summed E-state index contributed by atoms with van der Waals surface area (Å²) in [6.45, 7) is 0. The van der Waals surface area contributed by atoms with E-state index in [-0.39, 0.29) is 5.69 Å². The van der Waals surface area contributed by atoms with Crippen molar-refractivity contribution in [2.24, 2.45) is 5.10 Å². The van der Waals surface area contributed by atoms with Crippen LogP contribution in [0, 0.1) is 10.1 Å². The van der Waals surface area contributed by atoms with E-state index in [4.69, 9.17) is 4.74 Å². The fraction of sp³-hybridized carbons (Fsp3) is 0.0455. The van der Waals surface area contributed by atoms with Gasteiger partial charge in [0.25, 0.3) is 11.6 Å². The smallest absolute Gasteiger partial charge is 0.273 e. The molecule has 4 rings (SSSR count). The predicted octanol–water partition coefficient (Wildman–Crippen LogP) is 5.36. The van der Waals surface area contributed by atoms with Crippen LogP contribution < -0.4 is 9.75 Å². The first-order chi connectivity index (χ1) is 15.5. The first kappa shape index (κ1) is 21.3. The first-order valence-electron chi connectivity index (χ1n) is 9.32. The predicted molar refractivity (Wildman–Crippen MR) is 128 cm³/mol. The summed E-state index contributed by atoms with van der Waals surface area (Å²) in [5.74, 6) is 0.299. The lowest BCUT2D eigenvalue weighted by Crippen LogP contribution is -2.23. The summed E-state index contributed by atoms with van der Waals surface area (Å²) in [5.41, 5.74) is 1.37. The molecule has 0 radical (unpaired) electrons. The number of carbonyl (C=O) groups excluding carboxylic acids is 1. The number of aromatic nitrogens is 1. The zero-order valence-corrected chi connectivity index (χ0v) is 18.4. The second-order valence-electron chi connectivity index (χ2n) is 6.42. The van der Waals surface area contributed by atoms with Gasteiger partial charge in [0.1, 0.15) is 5.75 Å². The molecule has 160 valence electrons. The van der Waals surface area contributed by atoms with Crippen molar-refractivity contribution < 1.29 is 14.5 Å². The van der Waals surface area contributed by atoms with Crippen molar-refractivity contribution in [2.75, 3.05) is 12.1 Å². The highest BCUT2D eigenvalue weighted by atomic mass is 32.1. The number of non-ortho nitro benzene ring substituents is 1. The minimum atomic E-state index is -0.470. The summed E-state index contributed by atoms with van der Waals surface area (Å²) in [7, 11) is 1.59. The zero-order chi connectivity index (χ0) is 22.5. The van der Waals surface area contributed by atoms with Crippen molar-refractivity contribution >= 4 is 61.9 Å². The quantitative estimate of drug-likeness (QED) is 0.159. The Morgan fingerprint density at radius 2 is 2.03 bits per heavy atom. The highest BCUT2D eigenvalue weighted by Crippen LogP contribution is 2.32. The van der Waals surface area contributed by atoms with E-state index in [0.717, 1.165) is 15.1 Å². The average Bonchev–Trinajstić information content (AvgIpc) is 3.47. The largest absolute Gasteiger partial charge is 0.497 e. The SMILES string of the molecule is COc1ccc2nc(N(/N=C/c3cccs3)C(=O)/C=C/c3ccc([N+](=O)[O-])cc3)sc2c1. The second-order valence-corrected chi connectivity index (χ2v) is 8.41. The molecule has 4 aromatic rings. The van der Waals surface area contributed by atoms with Crippen molar-refractivity contribution in [3.63, 3.8) is 0 Å². The second kappa shape index (κ2) is 9.50. The number of carbonyl (C=O) groups is 1. The molecule has 10 heteroatoms. The lowest BCUT2D eigenvalue weighted by Gasteiger charge is -2.10. The van der Waals surface area contributed by atoms with E-state index < -0.39 is 10.8 Å². The Kier molecular flexibility index (Phi) is 6.34. The summed E-state index contributed by atoms with van der Waals surface area (Å²) >= 11 is 2.82. The topological polar surface area (TPSA) is 97.9 Å². The molecule has 32 heavy (non-hydrogen) atoms. The highest BCUT2D eigenvalue weighted by Gasteiger charge is 2.18. The number of nitro benzene ring substituents is 1. The Balaban J connectivity index is 1.64. The molecule has 2 heterocycles. The minimum absolute atomic E-state index is 0.0134. The van der Waals surface area contributed by atoms with Gasteiger partial charge in [-0.1, -0.05) is 17.4 Å². The van der Waals surface area contributed by atoms with Crippen LogP contribution in [0.15, 0.2) is 71.2 Å². The molecule has 0 aliphatic heterocycles. The van der Waals surface area contributed by atoms with Crippen molar-refractivity contribution in [1.29, 1.82) is 0 Å². The molecular weight excluding hydrogens is 448 g/mol. The van der Waals surface area contributed by atoms with Crippen molar-refractivity contribution in [3.8, 4) is 5.75 Å². The van der Waals surface area contributed by atoms with E-state index in [9.17, 15) is 14.9 Å². The number of amides is 1. The van der Waals surface area contributed by atoms with E-state index in [0.29, 0.717) is 16.4 Å². The monoisotopic (exact) mass is 464 g/mol. The lowest BCUT2D eigenvalue weighted by molar-refractivity contribution is -0.384. The molecular formula is C22H16N4O4S2. The van der Waals surface area contributed by atoms with Gasteiger partial charge in [0, 0.05) is 23.1 Å². The number of ether oxygens (including phenoxy) is 1. The molecule has 0 fully saturated rings. The van der Waals surface area contributed by atoms with Crippen molar-refractivity contribution in [1.82, 2.24) is 4.98 Å². The minimum Gasteiger partial charge on any atom is -0.497 e. The Labute approximate surface area is 190 Å². The highest BCUT2D eigenvalue weighted by molar-refractivity contribution is 7.22. The van der Waals surface area contributed by atoms with Crippen LogP contribution in [0.3, 0.4) is 0 Å². The van der Waals surface area contributed by atoms with Crippen LogP contribution in [0.1, 0.15) is 10.4 Å². The molecule has 0 saturated carbocycles. The average molecular weight is 465 g/mol. The standard InChI is InChI=1S/C22H16N4O4S2/c1-30-17-9-10-19-20(13-17)32-22(24-19)25(23-14-18-3-2-12-31-18)21(27)11-6-15-4-7-16(8-5-15)26(28)29/h2-14H,1H3/b11-6+,23-14+. The maximum absolute atomic E-state index is 13.0. The van der Waals surface area contributed by atoms with Crippen LogP contribution in [0.4, 0.5) is 10.8 Å². The number of anilines is 1. The van der Waals surface area contributed by atoms with Crippen molar-refractivity contribution in [3.05, 3.63) is 86.6 Å². The summed E-state index contributed by atoms with van der Waals surface area (Å²) in [5, 5.41) is 18.7. The van der Waals surface area contributed by atoms with E-state index in [1.54, 1.807) is 37.6 Å². The number of fused-ring (bicyclic) bond motifs is 1.